The first kappa shape index (κ1) is 12.1. The zero-order chi connectivity index (χ0) is 11.5. The minimum absolute atomic E-state index is 0.259. The van der Waals surface area contributed by atoms with E-state index in [-0.39, 0.29) is 5.41 Å². The van der Waals surface area contributed by atoms with Crippen molar-refractivity contribution in [2.24, 2.45) is 11.1 Å². The number of benzene rings is 1. The summed E-state index contributed by atoms with van der Waals surface area (Å²) in [6, 6.07) is 7.40. The van der Waals surface area contributed by atoms with Crippen LogP contribution in [0.1, 0.15) is 38.7 Å². The summed E-state index contributed by atoms with van der Waals surface area (Å²) >= 11 is 0. The molecule has 0 aliphatic carbocycles. The lowest BCUT2D eigenvalue weighted by molar-refractivity contribution is 0.341. The molecule has 0 fully saturated rings. The van der Waals surface area contributed by atoms with Crippen LogP contribution in [-0.4, -0.2) is 11.7 Å². The van der Waals surface area contributed by atoms with Crippen LogP contribution in [0.2, 0.25) is 0 Å². The van der Waals surface area contributed by atoms with E-state index in [4.69, 9.17) is 5.73 Å². The van der Waals surface area contributed by atoms with E-state index in [1.807, 2.05) is 18.2 Å². The van der Waals surface area contributed by atoms with E-state index < -0.39 is 0 Å². The van der Waals surface area contributed by atoms with E-state index in [2.05, 4.69) is 20.8 Å². The zero-order valence-electron chi connectivity index (χ0n) is 9.83. The molecule has 0 heterocycles. The highest BCUT2D eigenvalue weighted by atomic mass is 16.3. The highest BCUT2D eigenvalue weighted by molar-refractivity contribution is 5.30. The monoisotopic (exact) mass is 207 g/mol. The first-order chi connectivity index (χ1) is 6.92. The van der Waals surface area contributed by atoms with Crippen LogP contribution in [0.25, 0.3) is 0 Å². The zero-order valence-corrected chi connectivity index (χ0v) is 9.83. The normalized spacial score (nSPS) is 13.9. The number of phenolic OH excluding ortho intramolecular Hbond substituents is 1. The van der Waals surface area contributed by atoms with Crippen LogP contribution in [0.5, 0.6) is 5.75 Å². The largest absolute Gasteiger partial charge is 0.508 e. The molecule has 2 nitrogen and oxygen atoms in total. The molecule has 1 aromatic carbocycles. The lowest BCUT2D eigenvalue weighted by Gasteiger charge is -2.25. The number of phenols is 1. The first-order valence-corrected chi connectivity index (χ1v) is 5.41. The second-order valence-corrected chi connectivity index (χ2v) is 5.29. The van der Waals surface area contributed by atoms with Gasteiger partial charge in [-0.2, -0.15) is 0 Å². The summed E-state index contributed by atoms with van der Waals surface area (Å²) in [5.74, 6) is 0.650. The van der Waals surface area contributed by atoms with Gasteiger partial charge in [0.2, 0.25) is 0 Å². The fourth-order valence-corrected chi connectivity index (χ4v) is 1.86. The maximum Gasteiger partial charge on any atom is 0.115 e. The van der Waals surface area contributed by atoms with Crippen molar-refractivity contribution in [2.75, 3.05) is 6.54 Å². The molecule has 3 N–H and O–H groups in total. The fraction of sp³-hybridized carbons (Fsp3) is 0.538. The van der Waals surface area contributed by atoms with E-state index in [1.165, 1.54) is 0 Å². The topological polar surface area (TPSA) is 46.2 Å². The minimum atomic E-state index is 0.259. The third-order valence-electron chi connectivity index (χ3n) is 2.48. The number of hydrogen-bond donors (Lipinski definition) is 2. The van der Waals surface area contributed by atoms with Crippen LogP contribution in [0.3, 0.4) is 0 Å². The Bertz CT molecular complexity index is 315. The van der Waals surface area contributed by atoms with E-state index in [9.17, 15) is 5.11 Å². The molecule has 1 rings (SSSR count). The maximum absolute atomic E-state index is 9.41. The van der Waals surface area contributed by atoms with Crippen LogP contribution < -0.4 is 5.73 Å². The van der Waals surface area contributed by atoms with Crippen LogP contribution >= 0.6 is 0 Å². The third kappa shape index (κ3) is 3.92. The summed E-state index contributed by atoms with van der Waals surface area (Å²) < 4.78 is 0. The van der Waals surface area contributed by atoms with Gasteiger partial charge in [-0.05, 0) is 42.0 Å². The predicted octanol–water partition coefficient (Wildman–Crippen LogP) is 2.87. The molecule has 0 spiro atoms. The van der Waals surface area contributed by atoms with Gasteiger partial charge in [0, 0.05) is 0 Å². The Morgan fingerprint density at radius 3 is 2.47 bits per heavy atom. The fourth-order valence-electron chi connectivity index (χ4n) is 1.86. The van der Waals surface area contributed by atoms with Crippen molar-refractivity contribution >= 4 is 0 Å². The molecule has 0 aliphatic rings. The standard InChI is InChI=1S/C13H21NO/c1-13(2,3)8-11(9-14)10-5-4-6-12(15)7-10/h4-7,11,15H,8-9,14H2,1-3H3. The lowest BCUT2D eigenvalue weighted by Crippen LogP contribution is -2.19. The number of nitrogens with two attached hydrogens (primary N) is 1. The molecular formula is C13H21NO. The van der Waals surface area contributed by atoms with E-state index in [0.717, 1.165) is 12.0 Å². The van der Waals surface area contributed by atoms with Crippen molar-refractivity contribution in [1.82, 2.24) is 0 Å². The van der Waals surface area contributed by atoms with Crippen molar-refractivity contribution in [3.8, 4) is 5.75 Å². The molecule has 15 heavy (non-hydrogen) atoms. The Balaban J connectivity index is 2.83. The van der Waals surface area contributed by atoms with Gasteiger partial charge in [-0.3, -0.25) is 0 Å². The highest BCUT2D eigenvalue weighted by Crippen LogP contribution is 2.31. The van der Waals surface area contributed by atoms with Gasteiger partial charge in [-0.15, -0.1) is 0 Å². The van der Waals surface area contributed by atoms with Gasteiger partial charge in [-0.25, -0.2) is 0 Å². The highest BCUT2D eigenvalue weighted by Gasteiger charge is 2.19. The van der Waals surface area contributed by atoms with Gasteiger partial charge in [-0.1, -0.05) is 32.9 Å². The van der Waals surface area contributed by atoms with Crippen molar-refractivity contribution in [3.05, 3.63) is 29.8 Å². The van der Waals surface area contributed by atoms with Gasteiger partial charge >= 0.3 is 0 Å². The quantitative estimate of drug-likeness (QED) is 0.800. The predicted molar refractivity (Wildman–Crippen MR) is 64.0 cm³/mol. The van der Waals surface area contributed by atoms with Crippen molar-refractivity contribution in [3.63, 3.8) is 0 Å². The van der Waals surface area contributed by atoms with Crippen LogP contribution in [0.15, 0.2) is 24.3 Å². The minimum Gasteiger partial charge on any atom is -0.508 e. The van der Waals surface area contributed by atoms with E-state index in [1.54, 1.807) is 6.07 Å². The van der Waals surface area contributed by atoms with Crippen LogP contribution in [0, 0.1) is 5.41 Å². The maximum atomic E-state index is 9.41. The summed E-state index contributed by atoms with van der Waals surface area (Å²) in [4.78, 5) is 0. The Morgan fingerprint density at radius 2 is 2.00 bits per heavy atom. The van der Waals surface area contributed by atoms with Gasteiger partial charge < -0.3 is 10.8 Å². The second-order valence-electron chi connectivity index (χ2n) is 5.29. The Hall–Kier alpha value is -1.02. The van der Waals surface area contributed by atoms with Crippen molar-refractivity contribution in [2.45, 2.75) is 33.1 Å². The molecule has 84 valence electrons. The van der Waals surface area contributed by atoms with Gasteiger partial charge in [0.15, 0.2) is 0 Å². The average Bonchev–Trinajstić information content (AvgIpc) is 2.13. The van der Waals surface area contributed by atoms with Crippen molar-refractivity contribution < 1.29 is 5.11 Å². The summed E-state index contributed by atoms with van der Waals surface area (Å²) in [7, 11) is 0. The third-order valence-corrected chi connectivity index (χ3v) is 2.48. The lowest BCUT2D eigenvalue weighted by atomic mass is 9.81. The second kappa shape index (κ2) is 4.67. The SMILES string of the molecule is CC(C)(C)CC(CN)c1cccc(O)c1. The number of hydrogen-bond acceptors (Lipinski definition) is 2. The van der Waals surface area contributed by atoms with Gasteiger partial charge in [0.25, 0.3) is 0 Å². The van der Waals surface area contributed by atoms with Gasteiger partial charge in [0.05, 0.1) is 0 Å². The Labute approximate surface area is 92.1 Å². The van der Waals surface area contributed by atoms with Crippen LogP contribution in [-0.2, 0) is 0 Å². The van der Waals surface area contributed by atoms with Crippen LogP contribution in [0.4, 0.5) is 0 Å². The molecule has 0 amide bonds. The first-order valence-electron chi connectivity index (χ1n) is 5.41. The van der Waals surface area contributed by atoms with Gasteiger partial charge in [0.1, 0.15) is 5.75 Å². The molecule has 0 saturated carbocycles. The average molecular weight is 207 g/mol. The number of rotatable bonds is 3. The summed E-state index contributed by atoms with van der Waals surface area (Å²) in [6.07, 6.45) is 1.03. The Morgan fingerprint density at radius 1 is 1.33 bits per heavy atom. The number of aromatic hydroxyl groups is 1. The molecular weight excluding hydrogens is 186 g/mol. The smallest absolute Gasteiger partial charge is 0.115 e. The molecule has 0 saturated heterocycles. The van der Waals surface area contributed by atoms with Crippen molar-refractivity contribution in [1.29, 1.82) is 0 Å². The molecule has 1 unspecified atom stereocenters. The molecule has 0 aromatic heterocycles. The summed E-state index contributed by atoms with van der Waals surface area (Å²) in [5, 5.41) is 9.41. The molecule has 0 aliphatic heterocycles. The van der Waals surface area contributed by atoms with E-state index in [0.29, 0.717) is 18.2 Å². The Kier molecular flexibility index (Phi) is 3.75. The molecule has 2 heteroatoms. The molecule has 0 bridgehead atoms. The summed E-state index contributed by atoms with van der Waals surface area (Å²) in [6.45, 7) is 7.25. The van der Waals surface area contributed by atoms with E-state index >= 15 is 0 Å². The molecule has 1 atom stereocenters. The molecule has 0 radical (unpaired) electrons. The summed E-state index contributed by atoms with van der Waals surface area (Å²) in [5.41, 5.74) is 7.17. The molecule has 1 aromatic rings.